The molecule has 0 fully saturated rings. The average Bonchev–Trinajstić information content (AvgIpc) is 0. The zero-order valence-corrected chi connectivity index (χ0v) is 6.85. The largest absolute Gasteiger partial charge is 4.00 e. The third-order valence-corrected chi connectivity index (χ3v) is 0. The summed E-state index contributed by atoms with van der Waals surface area (Å²) in [6.45, 7) is 0. The maximum absolute atomic E-state index is 0. The van der Waals surface area contributed by atoms with Crippen LogP contribution < -0.4 is 0 Å². The van der Waals surface area contributed by atoms with Crippen molar-refractivity contribution in [2.45, 2.75) is 0 Å². The van der Waals surface area contributed by atoms with Gasteiger partial charge in [-0.15, -0.1) is 0 Å². The summed E-state index contributed by atoms with van der Waals surface area (Å²) in [5.41, 5.74) is 0. The van der Waals surface area contributed by atoms with Crippen molar-refractivity contribution >= 4 is 0 Å². The zero-order valence-electron chi connectivity index (χ0n) is 2.33. The molecule has 0 amide bonds. The number of rotatable bonds is 0. The van der Waals surface area contributed by atoms with E-state index in [1.807, 2.05) is 0 Å². The topological polar surface area (TPSA) is 85.5 Å². The van der Waals surface area contributed by atoms with Crippen LogP contribution in [0.2, 0.25) is 0 Å². The first-order valence-electron chi connectivity index (χ1n) is 0. The van der Waals surface area contributed by atoms with E-state index in [0.29, 0.717) is 0 Å². The Labute approximate surface area is 82.1 Å². The average molecular weight is 312 g/mol. The maximum Gasteiger partial charge on any atom is 4.00 e. The summed E-state index contributed by atoms with van der Waals surface area (Å²) in [5.74, 6) is 0. The predicted octanol–water partition coefficient (Wildman–Crippen LogP) is -0.364. The summed E-state index contributed by atoms with van der Waals surface area (Å²) in [5, 5.41) is 0. The second kappa shape index (κ2) is 60.6. The second-order valence-electron chi connectivity index (χ2n) is 0. The minimum Gasteiger partial charge on any atom is -2.00 e. The molecular formula is Ag2O3Ti. The van der Waals surface area contributed by atoms with Gasteiger partial charge in [0.2, 0.25) is 0 Å². The van der Waals surface area contributed by atoms with Gasteiger partial charge in [-0.2, -0.15) is 0 Å². The van der Waals surface area contributed by atoms with Gasteiger partial charge in [-0.3, -0.25) is 0 Å². The van der Waals surface area contributed by atoms with Crippen molar-refractivity contribution in [3.8, 4) is 0 Å². The van der Waals surface area contributed by atoms with Gasteiger partial charge < -0.3 is 16.4 Å². The van der Waals surface area contributed by atoms with Crippen molar-refractivity contribution in [1.29, 1.82) is 0 Å². The van der Waals surface area contributed by atoms with Crippen molar-refractivity contribution < 1.29 is 82.9 Å². The molecule has 0 aliphatic carbocycles. The van der Waals surface area contributed by atoms with Crippen LogP contribution in [0.25, 0.3) is 0 Å². The van der Waals surface area contributed by atoms with E-state index in [2.05, 4.69) is 0 Å². The minimum atomic E-state index is 0. The van der Waals surface area contributed by atoms with Gasteiger partial charge in [0.1, 0.15) is 0 Å². The van der Waals surface area contributed by atoms with Crippen molar-refractivity contribution in [3.63, 3.8) is 0 Å². The molecule has 0 spiro atoms. The predicted molar refractivity (Wildman–Crippen MR) is 2.06 cm³/mol. The third-order valence-electron chi connectivity index (χ3n) is 0. The van der Waals surface area contributed by atoms with Crippen LogP contribution in [0, 0.1) is 0 Å². The second-order valence-corrected chi connectivity index (χ2v) is 0. The van der Waals surface area contributed by atoms with Gasteiger partial charge in [0.25, 0.3) is 0 Å². The summed E-state index contributed by atoms with van der Waals surface area (Å²) in [6, 6.07) is 0. The Morgan fingerprint density at radius 3 is 0.500 bits per heavy atom. The van der Waals surface area contributed by atoms with Crippen molar-refractivity contribution in [1.82, 2.24) is 0 Å². The van der Waals surface area contributed by atoms with E-state index in [9.17, 15) is 0 Å². The molecule has 0 aromatic rings. The standard InChI is InChI=1S/2Ag.3O.Ti/q2*+1;3*-2;+4. The van der Waals surface area contributed by atoms with E-state index in [0.717, 1.165) is 0 Å². The fourth-order valence-corrected chi connectivity index (χ4v) is 0. The molecule has 0 saturated heterocycles. The SMILES string of the molecule is [Ag+].[Ag+].[O-2].[O-2].[O-2].[Ti+4]. The quantitative estimate of drug-likeness (QED) is 0.547. The monoisotopic (exact) mass is 310 g/mol. The molecule has 0 aromatic carbocycles. The van der Waals surface area contributed by atoms with E-state index in [4.69, 9.17) is 0 Å². The Bertz CT molecular complexity index is 8.75. The van der Waals surface area contributed by atoms with Crippen molar-refractivity contribution in [3.05, 3.63) is 0 Å². The summed E-state index contributed by atoms with van der Waals surface area (Å²) in [4.78, 5) is 0. The van der Waals surface area contributed by atoms with Gasteiger partial charge >= 0.3 is 66.5 Å². The molecule has 0 N–H and O–H groups in total. The van der Waals surface area contributed by atoms with Crippen LogP contribution in [0.1, 0.15) is 0 Å². The summed E-state index contributed by atoms with van der Waals surface area (Å²) >= 11 is 0. The van der Waals surface area contributed by atoms with Crippen LogP contribution in [0.15, 0.2) is 0 Å². The van der Waals surface area contributed by atoms with E-state index < -0.39 is 0 Å². The fraction of sp³-hybridized carbons (Fsp3) is 0. The van der Waals surface area contributed by atoms with Gasteiger partial charge in [0, 0.05) is 0 Å². The Morgan fingerprint density at radius 2 is 0.500 bits per heavy atom. The molecule has 44 valence electrons. The van der Waals surface area contributed by atoms with E-state index in [-0.39, 0.29) is 82.9 Å². The number of hydrogen-bond donors (Lipinski definition) is 0. The van der Waals surface area contributed by atoms with Gasteiger partial charge in [0.15, 0.2) is 0 Å². The minimum absolute atomic E-state index is 0. The molecule has 6 heteroatoms. The third kappa shape index (κ3) is 36.3. The molecule has 0 rings (SSSR count). The first-order valence-corrected chi connectivity index (χ1v) is 0. The normalized spacial score (nSPS) is 0. The molecule has 0 aromatic heterocycles. The summed E-state index contributed by atoms with van der Waals surface area (Å²) in [7, 11) is 0. The van der Waals surface area contributed by atoms with Crippen molar-refractivity contribution in [2.75, 3.05) is 0 Å². The van der Waals surface area contributed by atoms with E-state index in [1.54, 1.807) is 0 Å². The molecule has 0 atom stereocenters. The first-order chi connectivity index (χ1) is 0. The smallest absolute Gasteiger partial charge is 2.00 e. The maximum atomic E-state index is 0. The molecule has 6 heavy (non-hydrogen) atoms. The molecule has 0 unspecified atom stereocenters. The molecule has 0 aliphatic rings. The Balaban J connectivity index is 0. The molecular weight excluding hydrogens is 312 g/mol. The molecule has 0 aliphatic heterocycles. The van der Waals surface area contributed by atoms with E-state index >= 15 is 0 Å². The van der Waals surface area contributed by atoms with Gasteiger partial charge in [-0.05, 0) is 0 Å². The molecule has 0 bridgehead atoms. The summed E-state index contributed by atoms with van der Waals surface area (Å²) < 4.78 is 0. The Hall–Kier alpha value is 2.07. The molecule has 0 heterocycles. The molecule has 0 saturated carbocycles. The first kappa shape index (κ1) is 93.9. The molecule has 0 radical (unpaired) electrons. The van der Waals surface area contributed by atoms with Crippen LogP contribution >= 0.6 is 0 Å². The van der Waals surface area contributed by atoms with Gasteiger partial charge in [-0.25, -0.2) is 0 Å². The Kier molecular flexibility index (Phi) is 949. The number of hydrogen-bond acceptors (Lipinski definition) is 0. The van der Waals surface area contributed by atoms with Gasteiger partial charge in [0.05, 0.1) is 0 Å². The van der Waals surface area contributed by atoms with Crippen LogP contribution in [-0.4, -0.2) is 0 Å². The van der Waals surface area contributed by atoms with Crippen LogP contribution in [0.5, 0.6) is 0 Å². The Morgan fingerprint density at radius 1 is 0.500 bits per heavy atom. The van der Waals surface area contributed by atoms with Crippen LogP contribution in [-0.2, 0) is 82.9 Å². The summed E-state index contributed by atoms with van der Waals surface area (Å²) in [6.07, 6.45) is 0. The zero-order chi connectivity index (χ0) is 0. The molecule has 3 nitrogen and oxygen atoms in total. The fourth-order valence-electron chi connectivity index (χ4n) is 0. The van der Waals surface area contributed by atoms with Crippen LogP contribution in [0.3, 0.4) is 0 Å². The van der Waals surface area contributed by atoms with Crippen molar-refractivity contribution in [2.24, 2.45) is 0 Å². The van der Waals surface area contributed by atoms with E-state index in [1.165, 1.54) is 0 Å². The van der Waals surface area contributed by atoms with Gasteiger partial charge in [-0.1, -0.05) is 0 Å². The van der Waals surface area contributed by atoms with Crippen LogP contribution in [0.4, 0.5) is 0 Å².